The number of benzene rings is 2. The third kappa shape index (κ3) is 4.30. The molecule has 0 heterocycles. The lowest BCUT2D eigenvalue weighted by Gasteiger charge is -2.11. The number of hydrogen-bond acceptors (Lipinski definition) is 2. The zero-order valence-corrected chi connectivity index (χ0v) is 12.4. The molecule has 0 aliphatic heterocycles. The molecule has 0 aliphatic carbocycles. The molecule has 0 fully saturated rings. The fraction of sp³-hybridized carbons (Fsp3) is 0.333. The summed E-state index contributed by atoms with van der Waals surface area (Å²) in [6.07, 6.45) is 2.26. The van der Waals surface area contributed by atoms with Crippen LogP contribution in [-0.2, 0) is 6.54 Å². The second kappa shape index (κ2) is 7.59. The normalized spacial score (nSPS) is 10.3. The summed E-state index contributed by atoms with van der Waals surface area (Å²) in [5.41, 5.74) is 3.74. The highest BCUT2D eigenvalue weighted by atomic mass is 16.5. The van der Waals surface area contributed by atoms with Gasteiger partial charge in [0, 0.05) is 18.3 Å². The summed E-state index contributed by atoms with van der Waals surface area (Å²) >= 11 is 0. The maximum Gasteiger partial charge on any atom is 0.121 e. The third-order valence-corrected chi connectivity index (χ3v) is 3.34. The number of hydrogen-bond donors (Lipinski definition) is 1. The Morgan fingerprint density at radius 1 is 1.05 bits per heavy atom. The molecule has 106 valence electrons. The molecule has 0 radical (unpaired) electrons. The first kappa shape index (κ1) is 14.4. The Balaban J connectivity index is 1.93. The van der Waals surface area contributed by atoms with Crippen LogP contribution < -0.4 is 10.1 Å². The second-order valence-corrected chi connectivity index (χ2v) is 5.01. The van der Waals surface area contributed by atoms with E-state index in [-0.39, 0.29) is 0 Å². The van der Waals surface area contributed by atoms with Crippen molar-refractivity contribution in [2.45, 2.75) is 33.2 Å². The molecule has 20 heavy (non-hydrogen) atoms. The molecule has 0 unspecified atom stereocenters. The van der Waals surface area contributed by atoms with Crippen LogP contribution in [0, 0.1) is 6.92 Å². The predicted octanol–water partition coefficient (Wildman–Crippen LogP) is 4.79. The molecule has 0 saturated heterocycles. The number of aryl methyl sites for hydroxylation is 1. The van der Waals surface area contributed by atoms with Crippen molar-refractivity contribution in [1.82, 2.24) is 0 Å². The molecule has 2 aromatic rings. The van der Waals surface area contributed by atoms with E-state index in [4.69, 9.17) is 4.74 Å². The second-order valence-electron chi connectivity index (χ2n) is 5.01. The average molecular weight is 269 g/mol. The Morgan fingerprint density at radius 3 is 2.70 bits per heavy atom. The number of ether oxygens (including phenoxy) is 1. The van der Waals surface area contributed by atoms with Crippen LogP contribution in [0.5, 0.6) is 5.75 Å². The van der Waals surface area contributed by atoms with E-state index in [0.717, 1.165) is 37.4 Å². The fourth-order valence-electron chi connectivity index (χ4n) is 2.04. The Hall–Kier alpha value is -1.96. The van der Waals surface area contributed by atoms with Crippen LogP contribution in [0.4, 0.5) is 5.69 Å². The van der Waals surface area contributed by atoms with Gasteiger partial charge in [-0.1, -0.05) is 43.7 Å². The molecule has 0 saturated carbocycles. The van der Waals surface area contributed by atoms with Crippen molar-refractivity contribution in [2.75, 3.05) is 11.9 Å². The summed E-state index contributed by atoms with van der Waals surface area (Å²) in [4.78, 5) is 0. The molecule has 0 amide bonds. The van der Waals surface area contributed by atoms with Crippen molar-refractivity contribution < 1.29 is 4.74 Å². The van der Waals surface area contributed by atoms with Crippen molar-refractivity contribution in [3.05, 3.63) is 59.7 Å². The lowest BCUT2D eigenvalue weighted by atomic mass is 10.1. The molecule has 0 aromatic heterocycles. The quantitative estimate of drug-likeness (QED) is 0.730. The molecule has 0 bridgehead atoms. The molecule has 0 atom stereocenters. The molecule has 1 N–H and O–H groups in total. The van der Waals surface area contributed by atoms with E-state index < -0.39 is 0 Å². The van der Waals surface area contributed by atoms with Crippen molar-refractivity contribution in [1.29, 1.82) is 0 Å². The van der Waals surface area contributed by atoms with Crippen molar-refractivity contribution >= 4 is 5.69 Å². The topological polar surface area (TPSA) is 21.3 Å². The Morgan fingerprint density at radius 2 is 1.90 bits per heavy atom. The van der Waals surface area contributed by atoms with E-state index in [2.05, 4.69) is 55.6 Å². The molecule has 2 aromatic carbocycles. The van der Waals surface area contributed by atoms with E-state index in [1.165, 1.54) is 11.1 Å². The van der Waals surface area contributed by atoms with Crippen molar-refractivity contribution in [3.8, 4) is 5.75 Å². The lowest BCUT2D eigenvalue weighted by Crippen LogP contribution is -2.02. The SMILES string of the molecule is CCCCOc1cccc(NCc2ccccc2C)c1. The Kier molecular flexibility index (Phi) is 5.48. The van der Waals surface area contributed by atoms with Gasteiger partial charge >= 0.3 is 0 Å². The highest BCUT2D eigenvalue weighted by Gasteiger charge is 1.99. The first-order chi connectivity index (χ1) is 9.79. The standard InChI is InChI=1S/C18H23NO/c1-3-4-12-20-18-11-7-10-17(13-18)19-14-16-9-6-5-8-15(16)2/h5-11,13,19H,3-4,12,14H2,1-2H3. The van der Waals surface area contributed by atoms with Crippen LogP contribution in [0.2, 0.25) is 0 Å². The van der Waals surface area contributed by atoms with Gasteiger partial charge in [-0.05, 0) is 36.6 Å². The lowest BCUT2D eigenvalue weighted by molar-refractivity contribution is 0.309. The molecular formula is C18H23NO. The molecule has 0 spiro atoms. The molecule has 2 nitrogen and oxygen atoms in total. The van der Waals surface area contributed by atoms with Gasteiger partial charge in [-0.2, -0.15) is 0 Å². The molecule has 2 rings (SSSR count). The van der Waals surface area contributed by atoms with E-state index in [1.54, 1.807) is 0 Å². The first-order valence-corrected chi connectivity index (χ1v) is 7.31. The first-order valence-electron chi connectivity index (χ1n) is 7.31. The van der Waals surface area contributed by atoms with Gasteiger partial charge in [0.25, 0.3) is 0 Å². The molecule has 0 aliphatic rings. The fourth-order valence-corrected chi connectivity index (χ4v) is 2.04. The van der Waals surface area contributed by atoms with E-state index in [1.807, 2.05) is 12.1 Å². The van der Waals surface area contributed by atoms with Crippen LogP contribution in [0.15, 0.2) is 48.5 Å². The smallest absolute Gasteiger partial charge is 0.121 e. The van der Waals surface area contributed by atoms with Gasteiger partial charge in [0.05, 0.1) is 6.61 Å². The Labute approximate surface area is 121 Å². The average Bonchev–Trinajstić information content (AvgIpc) is 2.47. The predicted molar refractivity (Wildman–Crippen MR) is 85.4 cm³/mol. The monoisotopic (exact) mass is 269 g/mol. The number of rotatable bonds is 7. The zero-order chi connectivity index (χ0) is 14.2. The van der Waals surface area contributed by atoms with Crippen molar-refractivity contribution in [2.24, 2.45) is 0 Å². The zero-order valence-electron chi connectivity index (χ0n) is 12.4. The van der Waals surface area contributed by atoms with Gasteiger partial charge in [0.1, 0.15) is 5.75 Å². The summed E-state index contributed by atoms with van der Waals surface area (Å²) in [5.74, 6) is 0.938. The Bertz CT molecular complexity index is 536. The van der Waals surface area contributed by atoms with Gasteiger partial charge in [0.2, 0.25) is 0 Å². The van der Waals surface area contributed by atoms with Crippen LogP contribution in [-0.4, -0.2) is 6.61 Å². The van der Waals surface area contributed by atoms with Gasteiger partial charge < -0.3 is 10.1 Å². The summed E-state index contributed by atoms with van der Waals surface area (Å²) in [5, 5.41) is 3.45. The van der Waals surface area contributed by atoms with E-state index in [0.29, 0.717) is 0 Å². The molecular weight excluding hydrogens is 246 g/mol. The van der Waals surface area contributed by atoms with Crippen LogP contribution in [0.3, 0.4) is 0 Å². The van der Waals surface area contributed by atoms with Gasteiger partial charge in [-0.15, -0.1) is 0 Å². The maximum absolute atomic E-state index is 5.72. The number of nitrogens with one attached hydrogen (secondary N) is 1. The minimum Gasteiger partial charge on any atom is -0.494 e. The molecule has 2 heteroatoms. The largest absolute Gasteiger partial charge is 0.494 e. The highest BCUT2D eigenvalue weighted by Crippen LogP contribution is 2.19. The summed E-state index contributed by atoms with van der Waals surface area (Å²) in [7, 11) is 0. The minimum absolute atomic E-state index is 0.789. The van der Waals surface area contributed by atoms with Crippen LogP contribution >= 0.6 is 0 Å². The maximum atomic E-state index is 5.72. The van der Waals surface area contributed by atoms with Gasteiger partial charge in [-0.3, -0.25) is 0 Å². The number of anilines is 1. The summed E-state index contributed by atoms with van der Waals surface area (Å²) < 4.78 is 5.72. The van der Waals surface area contributed by atoms with Crippen LogP contribution in [0.1, 0.15) is 30.9 Å². The highest BCUT2D eigenvalue weighted by molar-refractivity contribution is 5.48. The summed E-state index contributed by atoms with van der Waals surface area (Å²) in [6.45, 7) is 5.94. The minimum atomic E-state index is 0.789. The van der Waals surface area contributed by atoms with Crippen LogP contribution in [0.25, 0.3) is 0 Å². The third-order valence-electron chi connectivity index (χ3n) is 3.34. The van der Waals surface area contributed by atoms with Crippen molar-refractivity contribution in [3.63, 3.8) is 0 Å². The van der Waals surface area contributed by atoms with Gasteiger partial charge in [-0.25, -0.2) is 0 Å². The number of unbranched alkanes of at least 4 members (excludes halogenated alkanes) is 1. The van der Waals surface area contributed by atoms with Gasteiger partial charge in [0.15, 0.2) is 0 Å². The van der Waals surface area contributed by atoms with E-state index in [9.17, 15) is 0 Å². The summed E-state index contributed by atoms with van der Waals surface area (Å²) in [6, 6.07) is 16.6. The van der Waals surface area contributed by atoms with E-state index >= 15 is 0 Å².